The van der Waals surface area contributed by atoms with Crippen LogP contribution in [0.3, 0.4) is 0 Å². The van der Waals surface area contributed by atoms with Gasteiger partial charge in [0.05, 0.1) is 0 Å². The normalized spacial score (nSPS) is 14.9. The number of fused-ring (bicyclic) bond motifs is 1. The molecule has 2 aromatic heterocycles. The van der Waals surface area contributed by atoms with Crippen LogP contribution in [0.15, 0.2) is 18.5 Å². The van der Waals surface area contributed by atoms with Crippen LogP contribution >= 0.6 is 7.52 Å². The predicted octanol–water partition coefficient (Wildman–Crippen LogP) is -0.803. The second-order valence-electron chi connectivity index (χ2n) is 3.03. The third kappa shape index (κ3) is 1.69. The molecule has 0 fully saturated rings. The number of rotatable bonds is 2. The maximum Gasteiger partial charge on any atom is 0.356 e. The van der Waals surface area contributed by atoms with Gasteiger partial charge in [-0.15, -0.1) is 0 Å². The first kappa shape index (κ1) is 10.7. The minimum atomic E-state index is -3.99. The lowest BCUT2D eigenvalue weighted by atomic mass is 10.5. The van der Waals surface area contributed by atoms with E-state index >= 15 is 0 Å². The molecule has 84 valence electrons. The number of carboxylic acids is 1. The van der Waals surface area contributed by atoms with E-state index in [2.05, 4.69) is 9.97 Å². The van der Waals surface area contributed by atoms with Crippen LogP contribution in [0, 0.1) is 0 Å². The smallest absolute Gasteiger partial charge is 0.356 e. The van der Waals surface area contributed by atoms with Crippen molar-refractivity contribution in [2.45, 2.75) is 0 Å². The van der Waals surface area contributed by atoms with E-state index in [-0.39, 0.29) is 16.9 Å². The number of nitrogens with two attached hydrogens (primary N) is 1. The van der Waals surface area contributed by atoms with Crippen LogP contribution in [0.5, 0.6) is 0 Å². The molecule has 0 saturated heterocycles. The standard InChI is InChI=1S/C7H7N4O4P/c8-16(14,15)5-1-2-9-7-10-4(6(12)13)3-11(5)7/h1-3H,(H,12,13)(H3,8,14,15). The van der Waals surface area contributed by atoms with E-state index in [0.29, 0.717) is 0 Å². The Kier molecular flexibility index (Phi) is 2.27. The van der Waals surface area contributed by atoms with Gasteiger partial charge in [0.25, 0.3) is 0 Å². The van der Waals surface area contributed by atoms with Gasteiger partial charge in [-0.05, 0) is 6.07 Å². The Morgan fingerprint density at radius 1 is 1.56 bits per heavy atom. The van der Waals surface area contributed by atoms with E-state index in [1.54, 1.807) is 0 Å². The largest absolute Gasteiger partial charge is 0.476 e. The molecule has 4 N–H and O–H groups in total. The molecule has 8 nitrogen and oxygen atoms in total. The molecule has 2 rings (SSSR count). The SMILES string of the molecule is NP(=O)(O)c1ccnc2nc(C(=O)O)cn12. The van der Waals surface area contributed by atoms with Gasteiger partial charge in [0.1, 0.15) is 5.44 Å². The molecule has 0 aromatic carbocycles. The Morgan fingerprint density at radius 3 is 2.81 bits per heavy atom. The van der Waals surface area contributed by atoms with Gasteiger partial charge in [-0.2, -0.15) is 0 Å². The molecular formula is C7H7N4O4P. The van der Waals surface area contributed by atoms with Crippen molar-refractivity contribution in [1.29, 1.82) is 0 Å². The lowest BCUT2D eigenvalue weighted by Crippen LogP contribution is -2.19. The van der Waals surface area contributed by atoms with Crippen LogP contribution < -0.4 is 10.9 Å². The van der Waals surface area contributed by atoms with Crippen molar-refractivity contribution in [3.8, 4) is 0 Å². The minimum absolute atomic E-state index is 0.00891. The first-order valence-electron chi connectivity index (χ1n) is 4.09. The molecule has 2 heterocycles. The lowest BCUT2D eigenvalue weighted by molar-refractivity contribution is 0.0691. The summed E-state index contributed by atoms with van der Waals surface area (Å²) in [5.41, 5.74) is 4.70. The summed E-state index contributed by atoms with van der Waals surface area (Å²) < 4.78 is 12.4. The molecule has 0 aliphatic heterocycles. The zero-order chi connectivity index (χ0) is 11.9. The van der Waals surface area contributed by atoms with Crippen LogP contribution in [-0.2, 0) is 4.57 Å². The Hall–Kier alpha value is -1.76. The molecule has 0 bridgehead atoms. The van der Waals surface area contributed by atoms with Gasteiger partial charge in [-0.3, -0.25) is 14.5 Å². The third-order valence-electron chi connectivity index (χ3n) is 1.90. The van der Waals surface area contributed by atoms with E-state index in [0.717, 1.165) is 10.6 Å². The number of hydrogen-bond acceptors (Lipinski definition) is 4. The van der Waals surface area contributed by atoms with Gasteiger partial charge >= 0.3 is 13.5 Å². The molecule has 0 saturated carbocycles. The molecule has 1 unspecified atom stereocenters. The lowest BCUT2D eigenvalue weighted by Gasteiger charge is -2.06. The summed E-state index contributed by atoms with van der Waals surface area (Å²) in [6, 6.07) is 1.24. The molecule has 0 aliphatic carbocycles. The highest BCUT2D eigenvalue weighted by Gasteiger charge is 2.21. The highest BCUT2D eigenvalue weighted by molar-refractivity contribution is 7.63. The summed E-state index contributed by atoms with van der Waals surface area (Å²) in [7, 11) is -3.99. The third-order valence-corrected chi connectivity index (χ3v) is 2.92. The fourth-order valence-corrected chi connectivity index (χ4v) is 1.98. The van der Waals surface area contributed by atoms with E-state index in [1.807, 2.05) is 0 Å². The Bertz CT molecular complexity index is 616. The van der Waals surface area contributed by atoms with Crippen LogP contribution in [0.25, 0.3) is 5.78 Å². The summed E-state index contributed by atoms with van der Waals surface area (Å²) in [5.74, 6) is -1.24. The number of aromatic carboxylic acids is 1. The molecule has 0 spiro atoms. The molecule has 1 atom stereocenters. The number of nitrogens with zero attached hydrogens (tertiary/aromatic N) is 3. The minimum Gasteiger partial charge on any atom is -0.476 e. The maximum atomic E-state index is 11.3. The van der Waals surface area contributed by atoms with Crippen LogP contribution in [0.4, 0.5) is 0 Å². The van der Waals surface area contributed by atoms with Crippen molar-refractivity contribution in [1.82, 2.24) is 14.4 Å². The highest BCUT2D eigenvalue weighted by Crippen LogP contribution is 2.28. The maximum absolute atomic E-state index is 11.3. The van der Waals surface area contributed by atoms with Crippen LogP contribution in [0.1, 0.15) is 10.5 Å². The Labute approximate surface area is 88.9 Å². The molecule has 2 aromatic rings. The van der Waals surface area contributed by atoms with Crippen molar-refractivity contribution >= 4 is 24.7 Å². The number of hydrogen-bond donors (Lipinski definition) is 3. The van der Waals surface area contributed by atoms with Crippen molar-refractivity contribution in [2.24, 2.45) is 5.50 Å². The molecular weight excluding hydrogens is 235 g/mol. The number of imidazole rings is 1. The number of aromatic nitrogens is 3. The van der Waals surface area contributed by atoms with Gasteiger partial charge < -0.3 is 10.00 Å². The van der Waals surface area contributed by atoms with E-state index in [4.69, 9.17) is 10.6 Å². The van der Waals surface area contributed by atoms with Crippen molar-refractivity contribution in [2.75, 3.05) is 0 Å². The van der Waals surface area contributed by atoms with E-state index in [9.17, 15) is 14.3 Å². The van der Waals surface area contributed by atoms with Gasteiger partial charge in [0.2, 0.25) is 5.78 Å². The molecule has 0 radical (unpaired) electrons. The zero-order valence-electron chi connectivity index (χ0n) is 7.81. The molecule has 0 amide bonds. The summed E-state index contributed by atoms with van der Waals surface area (Å²) in [6.07, 6.45) is 2.33. The van der Waals surface area contributed by atoms with Gasteiger partial charge in [0.15, 0.2) is 5.69 Å². The average Bonchev–Trinajstić information content (AvgIpc) is 2.58. The topological polar surface area (TPSA) is 131 Å². The summed E-state index contributed by atoms with van der Waals surface area (Å²) >= 11 is 0. The zero-order valence-corrected chi connectivity index (χ0v) is 8.70. The van der Waals surface area contributed by atoms with Crippen LogP contribution in [0.2, 0.25) is 0 Å². The molecule has 16 heavy (non-hydrogen) atoms. The fourth-order valence-electron chi connectivity index (χ4n) is 1.25. The first-order chi connectivity index (χ1) is 7.39. The molecule has 9 heteroatoms. The van der Waals surface area contributed by atoms with Gasteiger partial charge in [-0.1, -0.05) is 0 Å². The quantitative estimate of drug-likeness (QED) is 0.587. The van der Waals surface area contributed by atoms with Crippen molar-refractivity contribution < 1.29 is 19.4 Å². The van der Waals surface area contributed by atoms with Crippen molar-refractivity contribution in [3.63, 3.8) is 0 Å². The summed E-state index contributed by atoms with van der Waals surface area (Å²) in [5, 5.41) is 8.71. The van der Waals surface area contributed by atoms with Crippen molar-refractivity contribution in [3.05, 3.63) is 24.2 Å². The summed E-state index contributed by atoms with van der Waals surface area (Å²) in [6.45, 7) is 0. The first-order valence-corrected chi connectivity index (χ1v) is 5.82. The number of carboxylic acid groups (broad SMARTS) is 1. The van der Waals surface area contributed by atoms with Gasteiger partial charge in [-0.25, -0.2) is 14.8 Å². The van der Waals surface area contributed by atoms with Gasteiger partial charge in [0, 0.05) is 12.4 Å². The monoisotopic (exact) mass is 242 g/mol. The predicted molar refractivity (Wildman–Crippen MR) is 53.6 cm³/mol. The van der Waals surface area contributed by atoms with Crippen LogP contribution in [-0.4, -0.2) is 30.3 Å². The second kappa shape index (κ2) is 3.38. The fraction of sp³-hybridized carbons (Fsp3) is 0. The Balaban J connectivity index is 2.78. The van der Waals surface area contributed by atoms with E-state index < -0.39 is 13.5 Å². The Morgan fingerprint density at radius 2 is 2.25 bits per heavy atom. The average molecular weight is 242 g/mol. The molecule has 0 aliphatic rings. The number of carbonyl (C=O) groups is 1. The highest BCUT2D eigenvalue weighted by atomic mass is 31.2. The van der Waals surface area contributed by atoms with E-state index in [1.165, 1.54) is 12.3 Å². The second-order valence-corrected chi connectivity index (χ2v) is 4.73. The summed E-state index contributed by atoms with van der Waals surface area (Å²) in [4.78, 5) is 27.3.